The Morgan fingerprint density at radius 1 is 0.886 bits per heavy atom. The topological polar surface area (TPSA) is 43.4 Å². The highest BCUT2D eigenvalue weighted by atomic mass is 16.5. The summed E-state index contributed by atoms with van der Waals surface area (Å²) < 4.78 is 5.85. The molecule has 5 rings (SSSR count). The number of carbonyl (C=O) groups excluding carboxylic acids is 2. The first kappa shape index (κ1) is 25.5. The van der Waals surface area contributed by atoms with Crippen LogP contribution in [0, 0.1) is 50.2 Å². The van der Waals surface area contributed by atoms with Gasteiger partial charge in [0.1, 0.15) is 6.10 Å². The van der Waals surface area contributed by atoms with Crippen LogP contribution >= 0.6 is 0 Å². The van der Waals surface area contributed by atoms with Crippen LogP contribution < -0.4 is 0 Å². The van der Waals surface area contributed by atoms with Gasteiger partial charge in [-0.25, -0.2) is 0 Å². The molecule has 0 saturated heterocycles. The van der Waals surface area contributed by atoms with E-state index in [4.69, 9.17) is 4.74 Å². The second-order valence-electron chi connectivity index (χ2n) is 15.8. The normalized spacial score (nSPS) is 50.1. The van der Waals surface area contributed by atoms with Gasteiger partial charge in [0.25, 0.3) is 0 Å². The number of hydrogen-bond acceptors (Lipinski definition) is 3. The Labute approximate surface area is 214 Å². The fourth-order valence-electron chi connectivity index (χ4n) is 10.7. The first-order chi connectivity index (χ1) is 16.0. The lowest BCUT2D eigenvalue weighted by atomic mass is 9.33. The molecule has 3 nitrogen and oxygen atoms in total. The Morgan fingerprint density at radius 3 is 2.20 bits per heavy atom. The third-order valence-corrected chi connectivity index (χ3v) is 13.0. The van der Waals surface area contributed by atoms with Crippen LogP contribution in [0.4, 0.5) is 0 Å². The summed E-state index contributed by atoms with van der Waals surface area (Å²) in [6, 6.07) is 0. The van der Waals surface area contributed by atoms with E-state index in [1.807, 2.05) is 0 Å². The molecule has 4 saturated carbocycles. The fourth-order valence-corrected chi connectivity index (χ4v) is 10.7. The molecule has 35 heavy (non-hydrogen) atoms. The van der Waals surface area contributed by atoms with Gasteiger partial charge >= 0.3 is 5.97 Å². The quantitative estimate of drug-likeness (QED) is 0.357. The number of allylic oxidation sites excluding steroid dienone is 2. The lowest BCUT2D eigenvalue weighted by Crippen LogP contribution is -2.66. The lowest BCUT2D eigenvalue weighted by Gasteiger charge is -2.70. The van der Waals surface area contributed by atoms with Gasteiger partial charge in [-0.05, 0) is 103 Å². The highest BCUT2D eigenvalue weighted by Crippen LogP contribution is 2.75. The van der Waals surface area contributed by atoms with Crippen molar-refractivity contribution in [3.8, 4) is 0 Å². The second-order valence-corrected chi connectivity index (χ2v) is 15.8. The summed E-state index contributed by atoms with van der Waals surface area (Å²) in [6.45, 7) is 20.9. The molecule has 3 heteroatoms. The van der Waals surface area contributed by atoms with Crippen molar-refractivity contribution in [2.45, 2.75) is 126 Å². The van der Waals surface area contributed by atoms with E-state index in [-0.39, 0.29) is 39.7 Å². The standard InChI is InChI=1S/C32H50O3/c1-20(33)35-25-11-12-30(7)24(28(25,4)5)10-13-32(9)26(30)23(34)18-21-22-19-27(2,3)14-15-29(22,6)16-17-31(21,32)8/h18,22,24-26H,10-17,19H2,1-9H3/t22-,24?,25-,26?,29+,30-,31+,32+/m0/s1. The van der Waals surface area contributed by atoms with Gasteiger partial charge in [-0.1, -0.05) is 61.0 Å². The largest absolute Gasteiger partial charge is 0.462 e. The van der Waals surface area contributed by atoms with Crippen molar-refractivity contribution >= 4 is 11.8 Å². The molecule has 5 aliphatic carbocycles. The lowest BCUT2D eigenvalue weighted by molar-refractivity contribution is -0.210. The monoisotopic (exact) mass is 482 g/mol. The SMILES string of the molecule is CC(=O)O[C@H]1CC[C@@]2(C)C(CC[C@]3(C)C2C(=O)C=C2[C@@H]4CC(C)(C)CC[C@]4(C)CC[C@]23C)C1(C)C. The van der Waals surface area contributed by atoms with Gasteiger partial charge in [0.15, 0.2) is 5.78 Å². The minimum atomic E-state index is -0.179. The zero-order chi connectivity index (χ0) is 25.8. The molecule has 0 bridgehead atoms. The number of carbonyl (C=O) groups is 2. The zero-order valence-electron chi connectivity index (χ0n) is 24.0. The molecular formula is C32H50O3. The van der Waals surface area contributed by atoms with Gasteiger partial charge in [0, 0.05) is 18.3 Å². The molecule has 4 fully saturated rings. The summed E-state index contributed by atoms with van der Waals surface area (Å²) in [4.78, 5) is 26.2. The Hall–Kier alpha value is -1.12. The van der Waals surface area contributed by atoms with Crippen molar-refractivity contribution in [2.24, 2.45) is 50.2 Å². The Balaban J connectivity index is 1.58. The number of hydrogen-bond donors (Lipinski definition) is 0. The molecule has 196 valence electrons. The number of fused-ring (bicyclic) bond motifs is 7. The van der Waals surface area contributed by atoms with Crippen LogP contribution in [0.25, 0.3) is 0 Å². The molecule has 8 atom stereocenters. The molecule has 0 radical (unpaired) electrons. The van der Waals surface area contributed by atoms with Crippen LogP contribution in [0.5, 0.6) is 0 Å². The number of rotatable bonds is 1. The average molecular weight is 483 g/mol. The Kier molecular flexibility index (Phi) is 5.45. The summed E-state index contributed by atoms with van der Waals surface area (Å²) in [6.07, 6.45) is 12.5. The van der Waals surface area contributed by atoms with E-state index in [1.165, 1.54) is 44.6 Å². The molecule has 0 heterocycles. The van der Waals surface area contributed by atoms with Crippen LogP contribution in [0.3, 0.4) is 0 Å². The van der Waals surface area contributed by atoms with Gasteiger partial charge in [-0.2, -0.15) is 0 Å². The summed E-state index contributed by atoms with van der Waals surface area (Å²) in [5.74, 6) is 1.20. The van der Waals surface area contributed by atoms with Crippen LogP contribution in [-0.4, -0.2) is 17.9 Å². The number of ether oxygens (including phenoxy) is 1. The molecule has 0 aromatic rings. The Bertz CT molecular complexity index is 973. The molecule has 0 N–H and O–H groups in total. The molecule has 0 aliphatic heterocycles. The molecule has 0 aromatic carbocycles. The van der Waals surface area contributed by atoms with Crippen LogP contribution in [0.15, 0.2) is 11.6 Å². The van der Waals surface area contributed by atoms with E-state index in [0.29, 0.717) is 28.4 Å². The minimum absolute atomic E-state index is 0.00726. The number of ketones is 1. The van der Waals surface area contributed by atoms with Crippen molar-refractivity contribution in [1.82, 2.24) is 0 Å². The maximum Gasteiger partial charge on any atom is 0.302 e. The van der Waals surface area contributed by atoms with Crippen LogP contribution in [-0.2, 0) is 14.3 Å². The highest BCUT2D eigenvalue weighted by molar-refractivity contribution is 5.95. The average Bonchev–Trinajstić information content (AvgIpc) is 2.72. The van der Waals surface area contributed by atoms with E-state index >= 15 is 0 Å². The van der Waals surface area contributed by atoms with Crippen LogP contribution in [0.1, 0.15) is 120 Å². The van der Waals surface area contributed by atoms with Gasteiger partial charge in [0.05, 0.1) is 0 Å². The summed E-state index contributed by atoms with van der Waals surface area (Å²) in [7, 11) is 0. The highest BCUT2D eigenvalue weighted by Gasteiger charge is 2.70. The van der Waals surface area contributed by atoms with E-state index in [9.17, 15) is 9.59 Å². The van der Waals surface area contributed by atoms with E-state index < -0.39 is 0 Å². The van der Waals surface area contributed by atoms with Crippen LogP contribution in [0.2, 0.25) is 0 Å². The number of esters is 1. The molecular weight excluding hydrogens is 432 g/mol. The zero-order valence-corrected chi connectivity index (χ0v) is 24.0. The van der Waals surface area contributed by atoms with Crippen molar-refractivity contribution < 1.29 is 14.3 Å². The predicted molar refractivity (Wildman–Crippen MR) is 141 cm³/mol. The molecule has 0 spiro atoms. The van der Waals surface area contributed by atoms with E-state index in [1.54, 1.807) is 0 Å². The maximum atomic E-state index is 14.3. The van der Waals surface area contributed by atoms with Gasteiger partial charge in [-0.3, -0.25) is 9.59 Å². The van der Waals surface area contributed by atoms with Gasteiger partial charge in [-0.15, -0.1) is 0 Å². The van der Waals surface area contributed by atoms with E-state index in [2.05, 4.69) is 61.5 Å². The molecule has 0 aromatic heterocycles. The van der Waals surface area contributed by atoms with Gasteiger partial charge in [0.2, 0.25) is 0 Å². The smallest absolute Gasteiger partial charge is 0.302 e. The Morgan fingerprint density at radius 2 is 1.54 bits per heavy atom. The van der Waals surface area contributed by atoms with Gasteiger partial charge < -0.3 is 4.74 Å². The summed E-state index contributed by atoms with van der Waals surface area (Å²) in [5.41, 5.74) is 2.12. The molecule has 5 aliphatic rings. The summed E-state index contributed by atoms with van der Waals surface area (Å²) >= 11 is 0. The molecule has 0 amide bonds. The van der Waals surface area contributed by atoms with Crippen molar-refractivity contribution in [2.75, 3.05) is 0 Å². The maximum absolute atomic E-state index is 14.3. The predicted octanol–water partition coefficient (Wildman–Crippen LogP) is 7.92. The van der Waals surface area contributed by atoms with Crippen molar-refractivity contribution in [1.29, 1.82) is 0 Å². The second kappa shape index (κ2) is 7.47. The third kappa shape index (κ3) is 3.34. The molecule has 2 unspecified atom stereocenters. The van der Waals surface area contributed by atoms with E-state index in [0.717, 1.165) is 25.7 Å². The first-order valence-electron chi connectivity index (χ1n) is 14.4. The minimum Gasteiger partial charge on any atom is -0.462 e. The summed E-state index contributed by atoms with van der Waals surface area (Å²) in [5, 5.41) is 0. The van der Waals surface area contributed by atoms with Crippen molar-refractivity contribution in [3.05, 3.63) is 11.6 Å². The fraction of sp³-hybridized carbons (Fsp3) is 0.875. The van der Waals surface area contributed by atoms with Crippen molar-refractivity contribution in [3.63, 3.8) is 0 Å². The third-order valence-electron chi connectivity index (χ3n) is 13.0. The first-order valence-corrected chi connectivity index (χ1v) is 14.4.